The highest BCUT2D eigenvalue weighted by atomic mass is 32.2. The lowest BCUT2D eigenvalue weighted by atomic mass is 10.1. The van der Waals surface area contributed by atoms with Crippen LogP contribution in [0.1, 0.15) is 18.4 Å². The molecule has 2 N–H and O–H groups in total. The fourth-order valence-electron chi connectivity index (χ4n) is 2.62. The van der Waals surface area contributed by atoms with Crippen LogP contribution in [0.15, 0.2) is 47.4 Å². The second kappa shape index (κ2) is 5.52. The van der Waals surface area contributed by atoms with E-state index in [9.17, 15) is 13.2 Å². The van der Waals surface area contributed by atoms with Crippen molar-refractivity contribution in [1.82, 2.24) is 0 Å². The molecule has 1 amide bonds. The number of sulfonamides is 1. The summed E-state index contributed by atoms with van der Waals surface area (Å²) in [6.45, 7) is 0. The lowest BCUT2D eigenvalue weighted by Crippen LogP contribution is -2.14. The number of ether oxygens (including phenoxy) is 1. The number of carbonyl (C=O) groups is 1. The van der Waals surface area contributed by atoms with Crippen LogP contribution in [0, 0.1) is 0 Å². The van der Waals surface area contributed by atoms with Gasteiger partial charge in [-0.25, -0.2) is 8.42 Å². The van der Waals surface area contributed by atoms with Gasteiger partial charge in [0, 0.05) is 0 Å². The molecule has 124 valence electrons. The summed E-state index contributed by atoms with van der Waals surface area (Å²) in [4.78, 5) is 11.7. The van der Waals surface area contributed by atoms with Gasteiger partial charge >= 0.3 is 0 Å². The third kappa shape index (κ3) is 2.94. The molecule has 2 aromatic rings. The Hall–Kier alpha value is -2.54. The van der Waals surface area contributed by atoms with Gasteiger partial charge in [0.1, 0.15) is 5.75 Å². The van der Waals surface area contributed by atoms with Crippen LogP contribution in [0.3, 0.4) is 0 Å². The topological polar surface area (TPSA) is 84.5 Å². The second-order valence-electron chi connectivity index (χ2n) is 5.96. The van der Waals surface area contributed by atoms with Gasteiger partial charge in [0.15, 0.2) is 0 Å². The first kappa shape index (κ1) is 15.0. The quantitative estimate of drug-likeness (QED) is 0.873. The Morgan fingerprint density at radius 2 is 1.83 bits per heavy atom. The molecule has 7 heteroatoms. The lowest BCUT2D eigenvalue weighted by molar-refractivity contribution is -0.115. The van der Waals surface area contributed by atoms with Crippen molar-refractivity contribution in [1.29, 1.82) is 0 Å². The van der Waals surface area contributed by atoms with E-state index in [2.05, 4.69) is 10.0 Å². The number of carbonyl (C=O) groups excluding carboxylic acids is 1. The van der Waals surface area contributed by atoms with Crippen LogP contribution in [0.4, 0.5) is 11.4 Å². The molecule has 6 nitrogen and oxygen atoms in total. The molecule has 1 fully saturated rings. The molecule has 1 saturated carbocycles. The Morgan fingerprint density at radius 1 is 1.08 bits per heavy atom. The molecule has 0 aromatic heterocycles. The van der Waals surface area contributed by atoms with E-state index in [-0.39, 0.29) is 23.3 Å². The summed E-state index contributed by atoms with van der Waals surface area (Å²) in [7, 11) is -3.74. The lowest BCUT2D eigenvalue weighted by Gasteiger charge is -2.12. The molecule has 0 bridgehead atoms. The number of fused-ring (bicyclic) bond motifs is 1. The fourth-order valence-corrected chi connectivity index (χ4v) is 3.69. The van der Waals surface area contributed by atoms with Gasteiger partial charge in [0.05, 0.1) is 28.8 Å². The summed E-state index contributed by atoms with van der Waals surface area (Å²) in [6, 6.07) is 11.5. The molecular formula is C17H16N2O4S. The van der Waals surface area contributed by atoms with Crippen molar-refractivity contribution >= 4 is 27.3 Å². The van der Waals surface area contributed by atoms with Crippen LogP contribution in [0.2, 0.25) is 0 Å². The van der Waals surface area contributed by atoms with Gasteiger partial charge in [0.25, 0.3) is 10.0 Å². The van der Waals surface area contributed by atoms with E-state index in [1.54, 1.807) is 30.3 Å². The first-order valence-corrected chi connectivity index (χ1v) is 9.21. The zero-order valence-corrected chi connectivity index (χ0v) is 13.6. The van der Waals surface area contributed by atoms with Gasteiger partial charge in [-0.2, -0.15) is 0 Å². The minimum atomic E-state index is -3.74. The average Bonchev–Trinajstić information content (AvgIpc) is 3.26. The van der Waals surface area contributed by atoms with E-state index in [4.69, 9.17) is 4.74 Å². The fraction of sp³-hybridized carbons (Fsp3) is 0.235. The normalized spacial score (nSPS) is 16.4. The zero-order chi connectivity index (χ0) is 16.7. The maximum Gasteiger partial charge on any atom is 0.261 e. The van der Waals surface area contributed by atoms with Crippen LogP contribution in [0.5, 0.6) is 5.75 Å². The van der Waals surface area contributed by atoms with Crippen molar-refractivity contribution in [3.8, 4) is 5.75 Å². The minimum absolute atomic E-state index is 0.141. The van der Waals surface area contributed by atoms with Crippen LogP contribution < -0.4 is 14.8 Å². The Kier molecular flexibility index (Phi) is 3.45. The molecule has 0 atom stereocenters. The maximum absolute atomic E-state index is 12.6. The number of hydrogen-bond acceptors (Lipinski definition) is 4. The van der Waals surface area contributed by atoms with Gasteiger partial charge in [-0.1, -0.05) is 12.1 Å². The highest BCUT2D eigenvalue weighted by molar-refractivity contribution is 7.92. The number of hydrogen-bond donors (Lipinski definition) is 2. The van der Waals surface area contributed by atoms with E-state index >= 15 is 0 Å². The first-order valence-electron chi connectivity index (χ1n) is 7.72. The van der Waals surface area contributed by atoms with Crippen LogP contribution in [-0.2, 0) is 21.2 Å². The third-order valence-electron chi connectivity index (χ3n) is 3.97. The van der Waals surface area contributed by atoms with Gasteiger partial charge in [-0.3, -0.25) is 9.52 Å². The van der Waals surface area contributed by atoms with Crippen molar-refractivity contribution in [3.63, 3.8) is 0 Å². The predicted molar refractivity (Wildman–Crippen MR) is 89.7 cm³/mol. The standard InChI is InChI=1S/C17H16N2O4S/c20-16-10-11-2-1-3-15(17(11)18-16)19-24(21,22)14-8-6-13(7-9-14)23-12-4-5-12/h1-3,6-9,12,19H,4-5,10H2,(H,18,20). The van der Waals surface area contributed by atoms with Crippen molar-refractivity contribution in [2.24, 2.45) is 0 Å². The summed E-state index contributed by atoms with van der Waals surface area (Å²) in [5.41, 5.74) is 1.69. The molecule has 24 heavy (non-hydrogen) atoms. The summed E-state index contributed by atoms with van der Waals surface area (Å²) in [6.07, 6.45) is 2.62. The number of nitrogens with one attached hydrogen (secondary N) is 2. The number of anilines is 2. The molecule has 0 unspecified atom stereocenters. The van der Waals surface area contributed by atoms with Gasteiger partial charge in [0.2, 0.25) is 5.91 Å². The highest BCUT2D eigenvalue weighted by Crippen LogP contribution is 2.33. The van der Waals surface area contributed by atoms with E-state index in [1.807, 2.05) is 0 Å². The molecule has 0 radical (unpaired) electrons. The Bertz CT molecular complexity index is 903. The van der Waals surface area contributed by atoms with Crippen molar-refractivity contribution < 1.29 is 17.9 Å². The monoisotopic (exact) mass is 344 g/mol. The minimum Gasteiger partial charge on any atom is -0.490 e. The molecule has 2 aromatic carbocycles. The van der Waals surface area contributed by atoms with Crippen LogP contribution >= 0.6 is 0 Å². The summed E-state index contributed by atoms with van der Waals surface area (Å²) in [5, 5.41) is 2.69. The number of amides is 1. The second-order valence-corrected chi connectivity index (χ2v) is 7.64. The van der Waals surface area contributed by atoms with Gasteiger partial charge < -0.3 is 10.1 Å². The van der Waals surface area contributed by atoms with Crippen molar-refractivity contribution in [3.05, 3.63) is 48.0 Å². The molecular weight excluding hydrogens is 328 g/mol. The molecule has 1 heterocycles. The third-order valence-corrected chi connectivity index (χ3v) is 5.35. The van der Waals surface area contributed by atoms with Gasteiger partial charge in [-0.15, -0.1) is 0 Å². The molecule has 1 aliphatic heterocycles. The largest absolute Gasteiger partial charge is 0.490 e. The predicted octanol–water partition coefficient (Wildman–Crippen LogP) is 2.52. The Balaban J connectivity index is 1.57. The Morgan fingerprint density at radius 3 is 2.54 bits per heavy atom. The first-order chi connectivity index (χ1) is 11.5. The Labute approximate surface area is 139 Å². The van der Waals surface area contributed by atoms with Gasteiger partial charge in [-0.05, 0) is 48.7 Å². The maximum atomic E-state index is 12.6. The molecule has 2 aliphatic rings. The smallest absolute Gasteiger partial charge is 0.261 e. The summed E-state index contributed by atoms with van der Waals surface area (Å²) < 4.78 is 33.3. The SMILES string of the molecule is O=C1Cc2cccc(NS(=O)(=O)c3ccc(OC4CC4)cc3)c2N1. The van der Waals surface area contributed by atoms with E-state index in [0.717, 1.165) is 18.4 Å². The van der Waals surface area contributed by atoms with Crippen LogP contribution in [-0.4, -0.2) is 20.4 Å². The van der Waals surface area contributed by atoms with Crippen LogP contribution in [0.25, 0.3) is 0 Å². The molecule has 0 saturated heterocycles. The highest BCUT2D eigenvalue weighted by Gasteiger charge is 2.25. The summed E-state index contributed by atoms with van der Waals surface area (Å²) >= 11 is 0. The van der Waals surface area contributed by atoms with Crippen molar-refractivity contribution in [2.45, 2.75) is 30.3 Å². The van der Waals surface area contributed by atoms with Crippen molar-refractivity contribution in [2.75, 3.05) is 10.0 Å². The molecule has 0 spiro atoms. The zero-order valence-electron chi connectivity index (χ0n) is 12.8. The number of benzene rings is 2. The molecule has 1 aliphatic carbocycles. The van der Waals surface area contributed by atoms with E-state index in [0.29, 0.717) is 17.1 Å². The molecule has 4 rings (SSSR count). The average molecular weight is 344 g/mol. The number of para-hydroxylation sites is 1. The number of rotatable bonds is 5. The summed E-state index contributed by atoms with van der Waals surface area (Å²) in [5.74, 6) is 0.530. The van der Waals surface area contributed by atoms with E-state index in [1.165, 1.54) is 12.1 Å². The van der Waals surface area contributed by atoms with E-state index < -0.39 is 10.0 Å².